The van der Waals surface area contributed by atoms with E-state index in [4.69, 9.17) is 4.42 Å². The molecule has 0 amide bonds. The fourth-order valence-electron chi connectivity index (χ4n) is 8.59. The first-order valence-corrected chi connectivity index (χ1v) is 19.8. The Labute approximate surface area is 337 Å². The molecule has 0 saturated carbocycles. The van der Waals surface area contributed by atoms with Crippen molar-refractivity contribution >= 4 is 60.5 Å². The first kappa shape index (κ1) is 33.6. The highest BCUT2D eigenvalue weighted by molar-refractivity contribution is 6.15. The van der Waals surface area contributed by atoms with Crippen molar-refractivity contribution in [1.82, 2.24) is 0 Å². The molecule has 0 spiro atoms. The smallest absolute Gasteiger partial charge is 0.136 e. The Morgan fingerprint density at radius 2 is 0.828 bits per heavy atom. The Morgan fingerprint density at radius 1 is 0.276 bits per heavy atom. The fourth-order valence-corrected chi connectivity index (χ4v) is 8.59. The van der Waals surface area contributed by atoms with Crippen LogP contribution in [-0.2, 0) is 0 Å². The Hall–Kier alpha value is -7.68. The van der Waals surface area contributed by atoms with E-state index in [-0.39, 0.29) is 0 Å². The van der Waals surface area contributed by atoms with Crippen LogP contribution in [0.2, 0.25) is 0 Å². The molecule has 0 radical (unpaired) electrons. The van der Waals surface area contributed by atoms with E-state index < -0.39 is 0 Å². The van der Waals surface area contributed by atoms with Crippen molar-refractivity contribution in [1.29, 1.82) is 0 Å². The molecular weight excluding hydrogens is 703 g/mol. The van der Waals surface area contributed by atoms with Gasteiger partial charge >= 0.3 is 0 Å². The van der Waals surface area contributed by atoms with Gasteiger partial charge in [-0.3, -0.25) is 0 Å². The van der Waals surface area contributed by atoms with Gasteiger partial charge in [-0.2, -0.15) is 0 Å². The molecule has 0 aliphatic heterocycles. The zero-order chi connectivity index (χ0) is 38.4. The van der Waals surface area contributed by atoms with E-state index in [0.29, 0.717) is 0 Å². The summed E-state index contributed by atoms with van der Waals surface area (Å²) in [6.07, 6.45) is 0. The number of para-hydroxylation sites is 1. The molecular formula is C56H37NO. The summed E-state index contributed by atoms with van der Waals surface area (Å²) >= 11 is 0. The number of fused-ring (bicyclic) bond motifs is 6. The van der Waals surface area contributed by atoms with Crippen LogP contribution in [0.4, 0.5) is 17.1 Å². The maximum Gasteiger partial charge on any atom is 0.136 e. The summed E-state index contributed by atoms with van der Waals surface area (Å²) in [5.41, 5.74) is 14.4. The second-order valence-corrected chi connectivity index (χ2v) is 14.9. The predicted molar refractivity (Wildman–Crippen MR) is 245 cm³/mol. The summed E-state index contributed by atoms with van der Waals surface area (Å²) in [7, 11) is 0. The van der Waals surface area contributed by atoms with Gasteiger partial charge in [0.15, 0.2) is 0 Å². The van der Waals surface area contributed by atoms with E-state index in [1.807, 2.05) is 0 Å². The number of furan rings is 1. The van der Waals surface area contributed by atoms with E-state index >= 15 is 0 Å². The Kier molecular flexibility index (Phi) is 8.19. The number of hydrogen-bond acceptors (Lipinski definition) is 2. The molecule has 0 unspecified atom stereocenters. The van der Waals surface area contributed by atoms with Gasteiger partial charge in [0.1, 0.15) is 11.2 Å². The molecule has 11 rings (SSSR count). The second kappa shape index (κ2) is 14.1. The highest BCUT2D eigenvalue weighted by Crippen LogP contribution is 2.43. The maximum absolute atomic E-state index is 6.54. The predicted octanol–water partition coefficient (Wildman–Crippen LogP) is 16.0. The van der Waals surface area contributed by atoms with E-state index in [9.17, 15) is 0 Å². The molecule has 0 atom stereocenters. The molecule has 10 aromatic carbocycles. The highest BCUT2D eigenvalue weighted by atomic mass is 16.3. The van der Waals surface area contributed by atoms with Gasteiger partial charge in [-0.25, -0.2) is 0 Å². The third-order valence-corrected chi connectivity index (χ3v) is 11.4. The van der Waals surface area contributed by atoms with Gasteiger partial charge in [0.05, 0.1) is 0 Å². The van der Waals surface area contributed by atoms with Crippen molar-refractivity contribution < 1.29 is 4.42 Å². The molecule has 11 aromatic rings. The molecule has 2 heteroatoms. The SMILES string of the molecule is c1ccc(-c2cc(-c3ccccc3)cc(-c3ccc(N(c4ccccc4)c4ccc5oc6cccc(-c7ccc8c(ccc9ccccc98)c7)c6c5c4)cc3)c2)cc1. The van der Waals surface area contributed by atoms with Crippen molar-refractivity contribution in [2.45, 2.75) is 0 Å². The Balaban J connectivity index is 1.02. The lowest BCUT2D eigenvalue weighted by Gasteiger charge is -2.26. The van der Waals surface area contributed by atoms with Crippen LogP contribution in [0.15, 0.2) is 229 Å². The minimum absolute atomic E-state index is 0.869. The second-order valence-electron chi connectivity index (χ2n) is 14.9. The van der Waals surface area contributed by atoms with Crippen molar-refractivity contribution in [2.24, 2.45) is 0 Å². The fraction of sp³-hybridized carbons (Fsp3) is 0. The molecule has 1 aromatic heterocycles. The lowest BCUT2D eigenvalue weighted by atomic mass is 9.93. The van der Waals surface area contributed by atoms with Gasteiger partial charge in [0.25, 0.3) is 0 Å². The van der Waals surface area contributed by atoms with Gasteiger partial charge in [0.2, 0.25) is 0 Å². The van der Waals surface area contributed by atoms with Gasteiger partial charge < -0.3 is 9.32 Å². The minimum Gasteiger partial charge on any atom is -0.456 e. The summed E-state index contributed by atoms with van der Waals surface area (Å²) < 4.78 is 6.54. The van der Waals surface area contributed by atoms with Crippen molar-refractivity contribution in [2.75, 3.05) is 4.90 Å². The van der Waals surface area contributed by atoms with Crippen LogP contribution in [0.5, 0.6) is 0 Å². The molecule has 0 bridgehead atoms. The normalized spacial score (nSPS) is 11.4. The first-order chi connectivity index (χ1) is 28.7. The number of hydrogen-bond donors (Lipinski definition) is 0. The quantitative estimate of drug-likeness (QED) is 0.151. The summed E-state index contributed by atoms with van der Waals surface area (Å²) in [5.74, 6) is 0. The van der Waals surface area contributed by atoms with E-state index in [2.05, 4.69) is 229 Å². The first-order valence-electron chi connectivity index (χ1n) is 19.8. The molecule has 58 heavy (non-hydrogen) atoms. The van der Waals surface area contributed by atoms with E-state index in [1.165, 1.54) is 54.9 Å². The Bertz CT molecular complexity index is 3200. The van der Waals surface area contributed by atoms with Crippen LogP contribution < -0.4 is 4.90 Å². The lowest BCUT2D eigenvalue weighted by molar-refractivity contribution is 0.669. The average Bonchev–Trinajstić information content (AvgIpc) is 3.68. The molecule has 0 N–H and O–H groups in total. The van der Waals surface area contributed by atoms with Crippen LogP contribution in [0.3, 0.4) is 0 Å². The van der Waals surface area contributed by atoms with Crippen LogP contribution >= 0.6 is 0 Å². The number of anilines is 3. The van der Waals surface area contributed by atoms with Crippen LogP contribution in [0, 0.1) is 0 Å². The van der Waals surface area contributed by atoms with Crippen LogP contribution in [0.25, 0.3) is 88.0 Å². The van der Waals surface area contributed by atoms with Gasteiger partial charge in [0, 0.05) is 27.8 Å². The molecule has 0 aliphatic carbocycles. The third kappa shape index (κ3) is 6.00. The van der Waals surface area contributed by atoms with Crippen molar-refractivity contribution in [3.05, 3.63) is 224 Å². The van der Waals surface area contributed by atoms with Gasteiger partial charge in [-0.15, -0.1) is 0 Å². The summed E-state index contributed by atoms with van der Waals surface area (Å²) in [5, 5.41) is 7.22. The molecule has 0 fully saturated rings. The molecule has 0 saturated heterocycles. The summed E-state index contributed by atoms with van der Waals surface area (Å²) in [4.78, 5) is 2.33. The van der Waals surface area contributed by atoms with E-state index in [1.54, 1.807) is 0 Å². The summed E-state index contributed by atoms with van der Waals surface area (Å²) in [6, 6.07) is 80.6. The molecule has 272 valence electrons. The van der Waals surface area contributed by atoms with Crippen molar-refractivity contribution in [3.63, 3.8) is 0 Å². The number of nitrogens with zero attached hydrogens (tertiary/aromatic N) is 1. The zero-order valence-electron chi connectivity index (χ0n) is 31.7. The molecule has 0 aliphatic rings. The zero-order valence-corrected chi connectivity index (χ0v) is 31.7. The van der Waals surface area contributed by atoms with Crippen LogP contribution in [0.1, 0.15) is 0 Å². The van der Waals surface area contributed by atoms with E-state index in [0.717, 1.165) is 50.1 Å². The standard InChI is InChI=1S/C56H37NO/c1-4-13-38(14-5-1)44-34-45(39-15-6-2-7-16-39)36-46(35-44)40-25-28-48(29-26-40)57(47-18-8-3-9-19-47)49-30-32-54-53(37-49)56-52(21-12-22-55(56)58-54)43-27-31-51-42(33-43)24-23-41-17-10-11-20-50(41)51/h1-37H. The topological polar surface area (TPSA) is 16.4 Å². The third-order valence-electron chi connectivity index (χ3n) is 11.4. The van der Waals surface area contributed by atoms with Crippen molar-refractivity contribution in [3.8, 4) is 44.5 Å². The van der Waals surface area contributed by atoms with Gasteiger partial charge in [-0.05, 0) is 139 Å². The number of rotatable bonds is 7. The molecule has 2 nitrogen and oxygen atoms in total. The number of benzene rings is 10. The monoisotopic (exact) mass is 739 g/mol. The largest absolute Gasteiger partial charge is 0.456 e. The highest BCUT2D eigenvalue weighted by Gasteiger charge is 2.18. The molecule has 1 heterocycles. The minimum atomic E-state index is 0.869. The van der Waals surface area contributed by atoms with Gasteiger partial charge in [-0.1, -0.05) is 152 Å². The summed E-state index contributed by atoms with van der Waals surface area (Å²) in [6.45, 7) is 0. The lowest BCUT2D eigenvalue weighted by Crippen LogP contribution is -2.09. The Morgan fingerprint density at radius 3 is 1.53 bits per heavy atom. The van der Waals surface area contributed by atoms with Crippen LogP contribution in [-0.4, -0.2) is 0 Å². The maximum atomic E-state index is 6.54. The average molecular weight is 740 g/mol.